The van der Waals surface area contributed by atoms with Gasteiger partial charge in [-0.2, -0.15) is 0 Å². The second-order valence-corrected chi connectivity index (χ2v) is 3.93. The molecular formula is C12H10Cl2N2O3. The zero-order valence-corrected chi connectivity index (χ0v) is 11.2. The summed E-state index contributed by atoms with van der Waals surface area (Å²) in [6.45, 7) is 0.281. The van der Waals surface area contributed by atoms with Crippen molar-refractivity contribution in [1.29, 1.82) is 0 Å². The number of hydrogen-bond donors (Lipinski definition) is 0. The molecular weight excluding hydrogens is 291 g/mol. The van der Waals surface area contributed by atoms with E-state index < -0.39 is 4.92 Å². The molecule has 19 heavy (non-hydrogen) atoms. The molecule has 7 heteroatoms. The molecule has 5 nitrogen and oxygen atoms in total. The van der Waals surface area contributed by atoms with Crippen LogP contribution in [0, 0.1) is 10.1 Å². The average molecular weight is 301 g/mol. The van der Waals surface area contributed by atoms with E-state index in [1.54, 1.807) is 24.4 Å². The lowest BCUT2D eigenvalue weighted by molar-refractivity contribution is -0.384. The van der Waals surface area contributed by atoms with Gasteiger partial charge in [0, 0.05) is 18.3 Å². The number of non-ortho nitro benzene ring substituents is 1. The third kappa shape index (κ3) is 4.08. The van der Waals surface area contributed by atoms with Crippen molar-refractivity contribution >= 4 is 29.7 Å². The number of halogens is 2. The van der Waals surface area contributed by atoms with Gasteiger partial charge in [0.25, 0.3) is 5.69 Å². The molecule has 0 aliphatic carbocycles. The van der Waals surface area contributed by atoms with Crippen LogP contribution >= 0.6 is 24.0 Å². The van der Waals surface area contributed by atoms with Crippen LogP contribution in [-0.2, 0) is 6.61 Å². The Morgan fingerprint density at radius 1 is 1.26 bits per heavy atom. The van der Waals surface area contributed by atoms with Gasteiger partial charge in [-0.1, -0.05) is 11.6 Å². The highest BCUT2D eigenvalue weighted by molar-refractivity contribution is 6.31. The van der Waals surface area contributed by atoms with Crippen molar-refractivity contribution in [3.8, 4) is 5.75 Å². The van der Waals surface area contributed by atoms with E-state index in [4.69, 9.17) is 16.3 Å². The van der Waals surface area contributed by atoms with Crippen LogP contribution < -0.4 is 4.74 Å². The first-order chi connectivity index (χ1) is 8.66. The summed E-state index contributed by atoms with van der Waals surface area (Å²) in [4.78, 5) is 13.9. The molecule has 0 radical (unpaired) electrons. The number of nitrogens with zero attached hydrogens (tertiary/aromatic N) is 2. The summed E-state index contributed by atoms with van der Waals surface area (Å²) in [6, 6.07) is 7.78. The highest BCUT2D eigenvalue weighted by Crippen LogP contribution is 2.23. The normalized spacial score (nSPS) is 9.53. The maximum absolute atomic E-state index is 10.5. The minimum Gasteiger partial charge on any atom is -0.486 e. The number of aromatic nitrogens is 1. The van der Waals surface area contributed by atoms with Crippen molar-refractivity contribution in [2.45, 2.75) is 6.61 Å². The number of nitro benzene ring substituents is 1. The lowest BCUT2D eigenvalue weighted by Gasteiger charge is -2.06. The molecule has 100 valence electrons. The summed E-state index contributed by atoms with van der Waals surface area (Å²) in [5, 5.41) is 11.0. The minimum absolute atomic E-state index is 0. The van der Waals surface area contributed by atoms with Gasteiger partial charge in [-0.05, 0) is 23.8 Å². The van der Waals surface area contributed by atoms with Gasteiger partial charge < -0.3 is 4.74 Å². The lowest BCUT2D eigenvalue weighted by atomic mass is 10.2. The summed E-state index contributed by atoms with van der Waals surface area (Å²) in [6.07, 6.45) is 3.09. The first kappa shape index (κ1) is 15.2. The maximum Gasteiger partial charge on any atom is 0.269 e. The predicted octanol–water partition coefficient (Wildman–Crippen LogP) is 3.64. The second kappa shape index (κ2) is 6.92. The monoisotopic (exact) mass is 300 g/mol. The Labute approximate surface area is 120 Å². The van der Waals surface area contributed by atoms with Crippen LogP contribution in [0.25, 0.3) is 0 Å². The highest BCUT2D eigenvalue weighted by atomic mass is 35.5. The first-order valence-electron chi connectivity index (χ1n) is 5.12. The van der Waals surface area contributed by atoms with Gasteiger partial charge >= 0.3 is 0 Å². The Balaban J connectivity index is 0.00000180. The molecule has 0 bridgehead atoms. The number of benzene rings is 1. The van der Waals surface area contributed by atoms with Gasteiger partial charge in [0.05, 0.1) is 16.1 Å². The highest BCUT2D eigenvalue weighted by Gasteiger charge is 2.05. The standard InChI is InChI=1S/C12H9ClN2O3.ClH/c13-11-5-6-14-7-12(11)18-8-9-1-3-10(4-2-9)15(16)17;/h1-7H,8H2;1H. The van der Waals surface area contributed by atoms with E-state index >= 15 is 0 Å². The molecule has 0 N–H and O–H groups in total. The number of rotatable bonds is 4. The van der Waals surface area contributed by atoms with Gasteiger partial charge in [-0.3, -0.25) is 15.1 Å². The van der Waals surface area contributed by atoms with E-state index in [2.05, 4.69) is 4.98 Å². The van der Waals surface area contributed by atoms with Crippen molar-refractivity contribution in [2.75, 3.05) is 0 Å². The van der Waals surface area contributed by atoms with Crippen molar-refractivity contribution in [2.24, 2.45) is 0 Å². The van der Waals surface area contributed by atoms with Gasteiger partial charge in [0.2, 0.25) is 0 Å². The fraction of sp³-hybridized carbons (Fsp3) is 0.0833. The van der Waals surface area contributed by atoms with E-state index in [-0.39, 0.29) is 24.7 Å². The minimum atomic E-state index is -0.442. The molecule has 0 aliphatic rings. The summed E-state index contributed by atoms with van der Waals surface area (Å²) < 4.78 is 5.46. The van der Waals surface area contributed by atoms with Crippen LogP contribution in [0.15, 0.2) is 42.7 Å². The third-order valence-corrected chi connectivity index (χ3v) is 2.59. The number of hydrogen-bond acceptors (Lipinski definition) is 4. The largest absolute Gasteiger partial charge is 0.486 e. The molecule has 0 saturated carbocycles. The molecule has 1 heterocycles. The maximum atomic E-state index is 10.5. The van der Waals surface area contributed by atoms with Crippen molar-refractivity contribution in [3.63, 3.8) is 0 Å². The number of ether oxygens (including phenoxy) is 1. The first-order valence-corrected chi connectivity index (χ1v) is 5.50. The molecule has 0 unspecified atom stereocenters. The van der Waals surface area contributed by atoms with E-state index in [1.807, 2.05) is 0 Å². The van der Waals surface area contributed by atoms with Crippen LogP contribution in [0.5, 0.6) is 5.75 Å². The van der Waals surface area contributed by atoms with E-state index in [1.165, 1.54) is 18.3 Å². The Morgan fingerprint density at radius 2 is 1.95 bits per heavy atom. The van der Waals surface area contributed by atoms with Gasteiger partial charge in [-0.15, -0.1) is 12.4 Å². The van der Waals surface area contributed by atoms with Crippen molar-refractivity contribution in [3.05, 3.63) is 63.4 Å². The van der Waals surface area contributed by atoms with Gasteiger partial charge in [0.1, 0.15) is 6.61 Å². The SMILES string of the molecule is Cl.O=[N+]([O-])c1ccc(COc2cnccc2Cl)cc1. The molecule has 0 saturated heterocycles. The zero-order valence-electron chi connectivity index (χ0n) is 9.65. The predicted molar refractivity (Wildman–Crippen MR) is 73.9 cm³/mol. The Bertz CT molecular complexity index is 561. The van der Waals surface area contributed by atoms with Crippen molar-refractivity contribution in [1.82, 2.24) is 4.98 Å². The Morgan fingerprint density at radius 3 is 2.53 bits per heavy atom. The summed E-state index contributed by atoms with van der Waals surface area (Å²) in [5.74, 6) is 0.484. The van der Waals surface area contributed by atoms with Crippen LogP contribution in [0.1, 0.15) is 5.56 Å². The summed E-state index contributed by atoms with van der Waals surface area (Å²) in [5.41, 5.74) is 0.874. The summed E-state index contributed by atoms with van der Waals surface area (Å²) in [7, 11) is 0. The second-order valence-electron chi connectivity index (χ2n) is 3.52. The third-order valence-electron chi connectivity index (χ3n) is 2.28. The van der Waals surface area contributed by atoms with E-state index in [9.17, 15) is 10.1 Å². The molecule has 0 spiro atoms. The molecule has 0 fully saturated rings. The molecule has 0 amide bonds. The van der Waals surface area contributed by atoms with Crippen LogP contribution in [0.2, 0.25) is 5.02 Å². The zero-order chi connectivity index (χ0) is 13.0. The Hall–Kier alpha value is -1.85. The fourth-order valence-corrected chi connectivity index (χ4v) is 1.50. The molecule has 1 aromatic carbocycles. The summed E-state index contributed by atoms with van der Waals surface area (Å²) >= 11 is 5.90. The Kier molecular flexibility index (Phi) is 5.54. The topological polar surface area (TPSA) is 65.3 Å². The van der Waals surface area contributed by atoms with Crippen LogP contribution in [0.4, 0.5) is 5.69 Å². The molecule has 1 aromatic heterocycles. The lowest BCUT2D eigenvalue weighted by Crippen LogP contribution is -1.97. The van der Waals surface area contributed by atoms with E-state index in [0.29, 0.717) is 10.8 Å². The van der Waals surface area contributed by atoms with Gasteiger partial charge in [0.15, 0.2) is 5.75 Å². The van der Waals surface area contributed by atoms with E-state index in [0.717, 1.165) is 5.56 Å². The smallest absolute Gasteiger partial charge is 0.269 e. The van der Waals surface area contributed by atoms with Crippen LogP contribution in [-0.4, -0.2) is 9.91 Å². The van der Waals surface area contributed by atoms with Gasteiger partial charge in [-0.25, -0.2) is 0 Å². The molecule has 2 rings (SSSR count). The molecule has 2 aromatic rings. The van der Waals surface area contributed by atoms with Crippen molar-refractivity contribution < 1.29 is 9.66 Å². The number of nitro groups is 1. The molecule has 0 atom stereocenters. The molecule has 0 aliphatic heterocycles. The average Bonchev–Trinajstić information content (AvgIpc) is 2.38. The fourth-order valence-electron chi connectivity index (χ4n) is 1.34. The van der Waals surface area contributed by atoms with Crippen LogP contribution in [0.3, 0.4) is 0 Å². The number of pyridine rings is 1. The quantitative estimate of drug-likeness (QED) is 0.638.